The minimum atomic E-state index is -3.32. The monoisotopic (exact) mass is 525 g/mol. The molecule has 0 heterocycles. The fourth-order valence-electron chi connectivity index (χ4n) is 2.76. The second-order valence-electron chi connectivity index (χ2n) is 7.38. The van der Waals surface area contributed by atoms with Crippen molar-refractivity contribution in [3.05, 3.63) is 59.7 Å². The van der Waals surface area contributed by atoms with Crippen LogP contribution in [0.4, 0.5) is 11.4 Å². The Kier molecular flexibility index (Phi) is 12.3. The van der Waals surface area contributed by atoms with E-state index < -0.39 is 9.84 Å². The molecule has 0 unspecified atom stereocenters. The minimum absolute atomic E-state index is 0.0179. The van der Waals surface area contributed by atoms with Crippen LogP contribution in [0, 0.1) is 0 Å². The first-order chi connectivity index (χ1) is 16.8. The van der Waals surface area contributed by atoms with Gasteiger partial charge in [0.2, 0.25) is 0 Å². The van der Waals surface area contributed by atoms with Crippen molar-refractivity contribution >= 4 is 45.1 Å². The van der Waals surface area contributed by atoms with Gasteiger partial charge in [0.15, 0.2) is 9.84 Å². The van der Waals surface area contributed by atoms with Gasteiger partial charge in [0, 0.05) is 66.5 Å². The lowest BCUT2D eigenvalue weighted by Crippen LogP contribution is -2.32. The topological polar surface area (TPSA) is 175 Å². The van der Waals surface area contributed by atoms with Gasteiger partial charge in [-0.2, -0.15) is 4.33 Å². The molecule has 0 aliphatic heterocycles. The van der Waals surface area contributed by atoms with E-state index in [-0.39, 0.29) is 43.0 Å². The SMILES string of the molecule is Nc1cccc(C(=O)NCCSOOCCNCCS(=O)(=O)CCNC(=O)c2cccc(N)c2)c1. The molecule has 0 radical (unpaired) electrons. The van der Waals surface area contributed by atoms with Crippen LogP contribution in [0.25, 0.3) is 0 Å². The number of carbonyl (C=O) groups excluding carboxylic acids is 2. The van der Waals surface area contributed by atoms with Gasteiger partial charge in [0.25, 0.3) is 11.8 Å². The van der Waals surface area contributed by atoms with Gasteiger partial charge in [-0.05, 0) is 36.4 Å². The van der Waals surface area contributed by atoms with Crippen LogP contribution in [0.15, 0.2) is 48.5 Å². The van der Waals surface area contributed by atoms with Crippen molar-refractivity contribution in [2.45, 2.75) is 0 Å². The van der Waals surface area contributed by atoms with Crippen LogP contribution in [-0.4, -0.2) is 70.3 Å². The second-order valence-corrected chi connectivity index (χ2v) is 10.5. The van der Waals surface area contributed by atoms with Gasteiger partial charge in [-0.25, -0.2) is 13.3 Å². The Hall–Kier alpha value is -2.84. The number of sulfone groups is 1. The molecule has 11 nitrogen and oxygen atoms in total. The lowest BCUT2D eigenvalue weighted by Gasteiger charge is -2.08. The zero-order valence-corrected chi connectivity index (χ0v) is 20.8. The van der Waals surface area contributed by atoms with Crippen LogP contribution in [0.1, 0.15) is 20.7 Å². The summed E-state index contributed by atoms with van der Waals surface area (Å²) < 4.78 is 29.1. The van der Waals surface area contributed by atoms with E-state index in [2.05, 4.69) is 16.0 Å². The fourth-order valence-corrected chi connectivity index (χ4v) is 4.22. The highest BCUT2D eigenvalue weighted by atomic mass is 32.2. The number of carbonyl (C=O) groups is 2. The Morgan fingerprint density at radius 1 is 0.829 bits per heavy atom. The van der Waals surface area contributed by atoms with Gasteiger partial charge in [-0.15, -0.1) is 0 Å². The quantitative estimate of drug-likeness (QED) is 0.0686. The Morgan fingerprint density at radius 2 is 1.40 bits per heavy atom. The third-order valence-corrected chi connectivity index (χ3v) is 6.73. The lowest BCUT2D eigenvalue weighted by molar-refractivity contribution is -0.188. The highest BCUT2D eigenvalue weighted by Gasteiger charge is 2.12. The molecule has 2 rings (SSSR count). The smallest absolute Gasteiger partial charge is 0.251 e. The molecule has 13 heteroatoms. The van der Waals surface area contributed by atoms with Crippen molar-refractivity contribution in [2.24, 2.45) is 0 Å². The molecule has 0 saturated heterocycles. The molecular formula is C22H31N5O6S2. The third-order valence-electron chi connectivity index (χ3n) is 4.52. The molecule has 0 aromatic heterocycles. The maximum Gasteiger partial charge on any atom is 0.251 e. The summed E-state index contributed by atoms with van der Waals surface area (Å²) in [7, 11) is -3.32. The average Bonchev–Trinajstić information content (AvgIpc) is 2.82. The molecule has 0 aliphatic rings. The zero-order valence-electron chi connectivity index (χ0n) is 19.2. The molecule has 0 bridgehead atoms. The predicted molar refractivity (Wildman–Crippen MR) is 137 cm³/mol. The van der Waals surface area contributed by atoms with E-state index in [0.29, 0.717) is 41.3 Å². The van der Waals surface area contributed by atoms with Crippen molar-refractivity contribution in [1.82, 2.24) is 16.0 Å². The summed E-state index contributed by atoms with van der Waals surface area (Å²) in [5.41, 5.74) is 13.1. The summed E-state index contributed by atoms with van der Waals surface area (Å²) >= 11 is 1.05. The van der Waals surface area contributed by atoms with E-state index in [9.17, 15) is 18.0 Å². The summed E-state index contributed by atoms with van der Waals surface area (Å²) in [5.74, 6) is -0.337. The molecule has 2 aromatic carbocycles. The number of hydrogen-bond donors (Lipinski definition) is 5. The zero-order chi connectivity index (χ0) is 25.5. The number of rotatable bonds is 16. The Bertz CT molecular complexity index is 1070. The first-order valence-corrected chi connectivity index (χ1v) is 13.6. The number of nitrogens with two attached hydrogens (primary N) is 2. The average molecular weight is 526 g/mol. The second kappa shape index (κ2) is 15.2. The molecule has 192 valence electrons. The van der Waals surface area contributed by atoms with E-state index in [1.807, 2.05) is 0 Å². The molecule has 2 amide bonds. The summed E-state index contributed by atoms with van der Waals surface area (Å²) in [6.07, 6.45) is 0. The normalized spacial score (nSPS) is 11.2. The summed E-state index contributed by atoms with van der Waals surface area (Å²) in [6, 6.07) is 13.1. The van der Waals surface area contributed by atoms with Crippen LogP contribution in [0.3, 0.4) is 0 Å². The Labute approximate surface area is 209 Å². The molecule has 0 saturated carbocycles. The van der Waals surface area contributed by atoms with Gasteiger partial charge in [0.1, 0.15) is 0 Å². The molecular weight excluding hydrogens is 494 g/mol. The maximum absolute atomic E-state index is 12.1. The highest BCUT2D eigenvalue weighted by molar-refractivity contribution is 7.94. The first-order valence-electron chi connectivity index (χ1n) is 10.9. The number of nitrogen functional groups attached to an aromatic ring is 2. The van der Waals surface area contributed by atoms with Crippen molar-refractivity contribution in [2.75, 3.05) is 61.5 Å². The van der Waals surface area contributed by atoms with Crippen molar-refractivity contribution < 1.29 is 27.2 Å². The number of anilines is 2. The largest absolute Gasteiger partial charge is 0.399 e. The molecule has 2 aromatic rings. The molecule has 0 spiro atoms. The van der Waals surface area contributed by atoms with Crippen LogP contribution in [-0.2, 0) is 19.1 Å². The predicted octanol–water partition coefficient (Wildman–Crippen LogP) is 0.612. The summed E-state index contributed by atoms with van der Waals surface area (Å²) in [4.78, 5) is 28.9. The third kappa shape index (κ3) is 11.9. The minimum Gasteiger partial charge on any atom is -0.399 e. The molecule has 7 N–H and O–H groups in total. The molecule has 0 atom stereocenters. The fraction of sp³-hybridized carbons (Fsp3) is 0.364. The van der Waals surface area contributed by atoms with Gasteiger partial charge < -0.3 is 27.4 Å². The van der Waals surface area contributed by atoms with Crippen molar-refractivity contribution in [3.63, 3.8) is 0 Å². The van der Waals surface area contributed by atoms with E-state index in [4.69, 9.17) is 20.7 Å². The number of amides is 2. The standard InChI is InChI=1S/C22H31N5O6S2/c23-19-5-1-3-17(15-19)21(28)26-8-12-34-33-32-11-7-25-9-13-35(30,31)14-10-27-22(29)18-4-2-6-20(24)16-18/h1-6,15-16,25H,7-14,23-24H2,(H,26,28)(H,27,29). The number of benzene rings is 2. The maximum atomic E-state index is 12.1. The van der Waals surface area contributed by atoms with E-state index in [0.717, 1.165) is 12.0 Å². The van der Waals surface area contributed by atoms with E-state index >= 15 is 0 Å². The van der Waals surface area contributed by atoms with Gasteiger partial charge >= 0.3 is 0 Å². The van der Waals surface area contributed by atoms with Crippen molar-refractivity contribution in [1.29, 1.82) is 0 Å². The molecule has 35 heavy (non-hydrogen) atoms. The Morgan fingerprint density at radius 3 is 2.00 bits per heavy atom. The van der Waals surface area contributed by atoms with E-state index in [1.165, 1.54) is 6.07 Å². The summed E-state index contributed by atoms with van der Waals surface area (Å²) in [5, 5.41) is 8.27. The van der Waals surface area contributed by atoms with Gasteiger partial charge in [-0.1, -0.05) is 12.1 Å². The Balaban J connectivity index is 1.44. The molecule has 0 aliphatic carbocycles. The van der Waals surface area contributed by atoms with Crippen LogP contribution >= 0.6 is 12.0 Å². The number of nitrogens with one attached hydrogen (secondary N) is 3. The first kappa shape index (κ1) is 28.4. The van der Waals surface area contributed by atoms with Crippen LogP contribution < -0.4 is 27.4 Å². The van der Waals surface area contributed by atoms with Gasteiger partial charge in [-0.3, -0.25) is 9.59 Å². The van der Waals surface area contributed by atoms with Crippen LogP contribution in [0.2, 0.25) is 0 Å². The lowest BCUT2D eigenvalue weighted by atomic mass is 10.2. The van der Waals surface area contributed by atoms with E-state index in [1.54, 1.807) is 42.5 Å². The van der Waals surface area contributed by atoms with Gasteiger partial charge in [0.05, 0.1) is 18.1 Å². The molecule has 0 fully saturated rings. The number of hydrogen-bond acceptors (Lipinski definition) is 10. The highest BCUT2D eigenvalue weighted by Crippen LogP contribution is 2.07. The summed E-state index contributed by atoms with van der Waals surface area (Å²) in [6.45, 7) is 1.27. The van der Waals surface area contributed by atoms with Crippen molar-refractivity contribution in [3.8, 4) is 0 Å². The van der Waals surface area contributed by atoms with Crippen LogP contribution in [0.5, 0.6) is 0 Å².